The lowest BCUT2D eigenvalue weighted by molar-refractivity contribution is -0.119. The number of carbonyl (C=O) groups is 2. The van der Waals surface area contributed by atoms with Gasteiger partial charge in [-0.2, -0.15) is 5.26 Å². The number of nitrogens with zero attached hydrogens (tertiary/aromatic N) is 1. The van der Waals surface area contributed by atoms with Gasteiger partial charge in [0.15, 0.2) is 6.61 Å². The van der Waals surface area contributed by atoms with Crippen molar-refractivity contribution in [3.63, 3.8) is 0 Å². The summed E-state index contributed by atoms with van der Waals surface area (Å²) in [7, 11) is 0. The molecule has 2 aromatic carbocycles. The second-order valence-electron chi connectivity index (χ2n) is 4.92. The Hall–Kier alpha value is -2.56. The Balaban J connectivity index is 1.94. The summed E-state index contributed by atoms with van der Waals surface area (Å²) in [5, 5.41) is 13.3. The van der Waals surface area contributed by atoms with E-state index in [0.29, 0.717) is 5.69 Å². The van der Waals surface area contributed by atoms with E-state index in [1.165, 1.54) is 12.1 Å². The number of benzene rings is 2. The van der Waals surface area contributed by atoms with Crippen molar-refractivity contribution in [1.29, 1.82) is 5.26 Å². The van der Waals surface area contributed by atoms with Crippen LogP contribution in [0.2, 0.25) is 5.02 Å². The maximum absolute atomic E-state index is 13.6. The lowest BCUT2D eigenvalue weighted by Gasteiger charge is -2.10. The van der Waals surface area contributed by atoms with Crippen molar-refractivity contribution in [1.82, 2.24) is 0 Å². The first-order valence-corrected chi connectivity index (χ1v) is 8.18. The molecule has 1 amide bonds. The average Bonchev–Trinajstić information content (AvgIpc) is 2.55. The number of carbonyl (C=O) groups excluding carboxylic acids is 2. The number of nitrogens with one attached hydrogen (secondary N) is 1. The first kappa shape index (κ1) is 18.8. The summed E-state index contributed by atoms with van der Waals surface area (Å²) in [6.07, 6.45) is 0. The number of rotatable bonds is 5. The Morgan fingerprint density at radius 1 is 1.32 bits per heavy atom. The zero-order valence-electron chi connectivity index (χ0n) is 13.0. The quantitative estimate of drug-likeness (QED) is 0.480. The highest BCUT2D eigenvalue weighted by atomic mass is 35.5. The number of thioether (sulfide) groups is 1. The fourth-order valence-electron chi connectivity index (χ4n) is 1.94. The molecule has 0 bridgehead atoms. The summed E-state index contributed by atoms with van der Waals surface area (Å²) in [5.74, 6) is -2.34. The summed E-state index contributed by atoms with van der Waals surface area (Å²) in [6, 6.07) is 8.61. The molecule has 0 saturated carbocycles. The second kappa shape index (κ2) is 8.51. The molecule has 0 spiro atoms. The van der Waals surface area contributed by atoms with Crippen LogP contribution in [-0.4, -0.2) is 18.5 Å². The van der Waals surface area contributed by atoms with E-state index in [2.05, 4.69) is 5.32 Å². The first-order chi connectivity index (χ1) is 11.9. The Kier molecular flexibility index (Phi) is 6.39. The van der Waals surface area contributed by atoms with Crippen molar-refractivity contribution < 1.29 is 18.7 Å². The molecule has 0 aliphatic carbocycles. The predicted octanol–water partition coefficient (Wildman–Crippen LogP) is 4.16. The number of esters is 1. The van der Waals surface area contributed by atoms with Crippen molar-refractivity contribution in [2.45, 2.75) is 11.8 Å². The van der Waals surface area contributed by atoms with Crippen LogP contribution in [0.5, 0.6) is 0 Å². The Morgan fingerprint density at radius 3 is 2.72 bits per heavy atom. The van der Waals surface area contributed by atoms with Crippen LogP contribution >= 0.6 is 23.4 Å². The zero-order valence-corrected chi connectivity index (χ0v) is 14.6. The number of ether oxygens (including phenoxy) is 1. The van der Waals surface area contributed by atoms with Crippen LogP contribution < -0.4 is 5.32 Å². The number of thiocyanates is 1. The molecule has 0 aliphatic rings. The lowest BCUT2D eigenvalue weighted by Crippen LogP contribution is -2.21. The number of aryl methyl sites for hydroxylation is 1. The minimum atomic E-state index is -0.957. The molecule has 2 aromatic rings. The molecule has 0 saturated heterocycles. The van der Waals surface area contributed by atoms with E-state index < -0.39 is 24.3 Å². The van der Waals surface area contributed by atoms with Crippen LogP contribution in [0.15, 0.2) is 41.3 Å². The van der Waals surface area contributed by atoms with Crippen LogP contribution in [0, 0.1) is 23.4 Å². The molecule has 0 aliphatic heterocycles. The van der Waals surface area contributed by atoms with E-state index >= 15 is 0 Å². The summed E-state index contributed by atoms with van der Waals surface area (Å²) in [6.45, 7) is 1.21. The fourth-order valence-corrected chi connectivity index (χ4v) is 2.58. The number of anilines is 1. The Labute approximate surface area is 152 Å². The van der Waals surface area contributed by atoms with Crippen LogP contribution in [-0.2, 0) is 9.53 Å². The molecule has 2 rings (SSSR count). The molecule has 0 heterocycles. The maximum Gasteiger partial charge on any atom is 0.341 e. The monoisotopic (exact) mass is 378 g/mol. The normalized spacial score (nSPS) is 10.0. The molecule has 0 fully saturated rings. The van der Waals surface area contributed by atoms with Gasteiger partial charge in [0.1, 0.15) is 11.2 Å². The highest BCUT2D eigenvalue weighted by molar-refractivity contribution is 8.03. The molecule has 8 heteroatoms. The van der Waals surface area contributed by atoms with Crippen LogP contribution in [0.3, 0.4) is 0 Å². The van der Waals surface area contributed by atoms with E-state index in [0.717, 1.165) is 28.3 Å². The molecule has 1 N–H and O–H groups in total. The Bertz CT molecular complexity index is 867. The molecule has 25 heavy (non-hydrogen) atoms. The molecule has 0 aromatic heterocycles. The maximum atomic E-state index is 13.6. The molecular weight excluding hydrogens is 367 g/mol. The Morgan fingerprint density at radius 2 is 2.08 bits per heavy atom. The first-order valence-electron chi connectivity index (χ1n) is 6.99. The van der Waals surface area contributed by atoms with Gasteiger partial charge in [-0.3, -0.25) is 4.79 Å². The fraction of sp³-hybridized carbons (Fsp3) is 0.118. The molecule has 0 unspecified atom stereocenters. The van der Waals surface area contributed by atoms with Gasteiger partial charge in [0.25, 0.3) is 5.91 Å². The van der Waals surface area contributed by atoms with Crippen LogP contribution in [0.1, 0.15) is 15.9 Å². The number of hydrogen-bond acceptors (Lipinski definition) is 5. The largest absolute Gasteiger partial charge is 0.452 e. The number of halogens is 2. The van der Waals surface area contributed by atoms with Crippen LogP contribution in [0.25, 0.3) is 0 Å². The third kappa shape index (κ3) is 5.21. The highest BCUT2D eigenvalue weighted by Crippen LogP contribution is 2.23. The summed E-state index contributed by atoms with van der Waals surface area (Å²) >= 11 is 6.62. The van der Waals surface area contributed by atoms with Gasteiger partial charge in [0, 0.05) is 15.6 Å². The van der Waals surface area contributed by atoms with Crippen molar-refractivity contribution >= 4 is 40.9 Å². The number of amides is 1. The molecule has 128 valence electrons. The SMILES string of the molecule is Cc1cc(SC#N)ccc1NC(=O)COC(=O)c1ccc(Cl)cc1F. The van der Waals surface area contributed by atoms with Crippen LogP contribution in [0.4, 0.5) is 10.1 Å². The van der Waals surface area contributed by atoms with E-state index in [4.69, 9.17) is 21.6 Å². The van der Waals surface area contributed by atoms with E-state index in [9.17, 15) is 14.0 Å². The zero-order chi connectivity index (χ0) is 18.4. The third-order valence-corrected chi connectivity index (χ3v) is 3.94. The molecule has 0 atom stereocenters. The van der Waals surface area contributed by atoms with Gasteiger partial charge in [0.05, 0.1) is 5.56 Å². The summed E-state index contributed by atoms with van der Waals surface area (Å²) in [5.41, 5.74) is 0.982. The smallest absolute Gasteiger partial charge is 0.341 e. The third-order valence-electron chi connectivity index (χ3n) is 3.12. The van der Waals surface area contributed by atoms with Crippen molar-refractivity contribution in [3.05, 3.63) is 58.4 Å². The molecular formula is C17H12ClFN2O3S. The highest BCUT2D eigenvalue weighted by Gasteiger charge is 2.15. The van der Waals surface area contributed by atoms with Gasteiger partial charge in [-0.05, 0) is 60.6 Å². The summed E-state index contributed by atoms with van der Waals surface area (Å²) in [4.78, 5) is 24.4. The van der Waals surface area contributed by atoms with E-state index in [1.54, 1.807) is 25.1 Å². The van der Waals surface area contributed by atoms with Gasteiger partial charge in [-0.25, -0.2) is 9.18 Å². The summed E-state index contributed by atoms with van der Waals surface area (Å²) < 4.78 is 18.4. The van der Waals surface area contributed by atoms with Gasteiger partial charge < -0.3 is 10.1 Å². The van der Waals surface area contributed by atoms with Crippen molar-refractivity contribution in [2.24, 2.45) is 0 Å². The van der Waals surface area contributed by atoms with E-state index in [-0.39, 0.29) is 10.6 Å². The topological polar surface area (TPSA) is 79.2 Å². The lowest BCUT2D eigenvalue weighted by atomic mass is 10.2. The minimum Gasteiger partial charge on any atom is -0.452 e. The van der Waals surface area contributed by atoms with Gasteiger partial charge >= 0.3 is 5.97 Å². The van der Waals surface area contributed by atoms with E-state index in [1.807, 2.05) is 5.40 Å². The standard InChI is InChI=1S/C17H12ClFN2O3S/c1-10-6-12(25-9-20)3-5-15(10)21-16(22)8-24-17(23)13-4-2-11(18)7-14(13)19/h2-7H,8H2,1H3,(H,21,22). The number of hydrogen-bond donors (Lipinski definition) is 1. The van der Waals surface area contributed by atoms with Crippen molar-refractivity contribution in [3.8, 4) is 5.40 Å². The predicted molar refractivity (Wildman–Crippen MR) is 93.0 cm³/mol. The van der Waals surface area contributed by atoms with Crippen molar-refractivity contribution in [2.75, 3.05) is 11.9 Å². The van der Waals surface area contributed by atoms with Gasteiger partial charge in [-0.15, -0.1) is 0 Å². The number of nitriles is 1. The van der Waals surface area contributed by atoms with Gasteiger partial charge in [-0.1, -0.05) is 11.6 Å². The minimum absolute atomic E-state index is 0.153. The molecule has 0 radical (unpaired) electrons. The second-order valence-corrected chi connectivity index (χ2v) is 6.21. The molecule has 5 nitrogen and oxygen atoms in total. The van der Waals surface area contributed by atoms with Gasteiger partial charge in [0.2, 0.25) is 0 Å². The average molecular weight is 379 g/mol.